The van der Waals surface area contributed by atoms with Crippen molar-refractivity contribution >= 4 is 30.4 Å². The van der Waals surface area contributed by atoms with E-state index in [-0.39, 0.29) is 5.75 Å². The molecule has 3 atom stereocenters. The van der Waals surface area contributed by atoms with Crippen LogP contribution in [0.15, 0.2) is 0 Å². The van der Waals surface area contributed by atoms with Crippen molar-refractivity contribution in [2.24, 2.45) is 5.73 Å². The molecule has 19 heavy (non-hydrogen) atoms. The van der Waals surface area contributed by atoms with Gasteiger partial charge < -0.3 is 21.1 Å². The molecule has 1 rings (SSSR count). The standard InChI is InChI=1S/C11H19N3O4S/c1-6(12)9(15)13-7(5-19)10(16)14-4-2-3-8(14)11(17)18/h6-8,19H,2-5,12H2,1H3,(H,13,15)(H,17,18)/t6-,7-,8+/m0/s1. The van der Waals surface area contributed by atoms with Gasteiger partial charge in [-0.1, -0.05) is 0 Å². The maximum Gasteiger partial charge on any atom is 0.326 e. The van der Waals surface area contributed by atoms with Crippen LogP contribution in [0.1, 0.15) is 19.8 Å². The molecule has 0 aromatic carbocycles. The van der Waals surface area contributed by atoms with Crippen LogP contribution >= 0.6 is 12.6 Å². The van der Waals surface area contributed by atoms with Crippen LogP contribution in [0.2, 0.25) is 0 Å². The van der Waals surface area contributed by atoms with Crippen molar-refractivity contribution < 1.29 is 19.5 Å². The van der Waals surface area contributed by atoms with E-state index in [1.54, 1.807) is 0 Å². The first kappa shape index (κ1) is 15.8. The number of nitrogens with two attached hydrogens (primary N) is 1. The van der Waals surface area contributed by atoms with Crippen molar-refractivity contribution in [1.82, 2.24) is 10.2 Å². The molecular weight excluding hydrogens is 270 g/mol. The third-order valence-corrected chi connectivity index (χ3v) is 3.40. The maximum absolute atomic E-state index is 12.2. The highest BCUT2D eigenvalue weighted by Crippen LogP contribution is 2.18. The summed E-state index contributed by atoms with van der Waals surface area (Å²) in [4.78, 5) is 36.0. The van der Waals surface area contributed by atoms with Gasteiger partial charge in [0.25, 0.3) is 0 Å². The SMILES string of the molecule is C[C@H](N)C(=O)N[C@@H](CS)C(=O)N1CCC[C@@H]1C(=O)O. The lowest BCUT2D eigenvalue weighted by atomic mass is 10.2. The number of amides is 2. The highest BCUT2D eigenvalue weighted by Gasteiger charge is 2.37. The minimum atomic E-state index is -1.03. The van der Waals surface area contributed by atoms with Gasteiger partial charge in [0.15, 0.2) is 0 Å². The van der Waals surface area contributed by atoms with Crippen LogP contribution in [-0.2, 0) is 14.4 Å². The summed E-state index contributed by atoms with van der Waals surface area (Å²) in [6, 6.07) is -2.40. The lowest BCUT2D eigenvalue weighted by Crippen LogP contribution is -2.54. The summed E-state index contributed by atoms with van der Waals surface area (Å²) in [5.41, 5.74) is 5.41. The van der Waals surface area contributed by atoms with Crippen LogP contribution < -0.4 is 11.1 Å². The molecule has 0 aliphatic carbocycles. The Kier molecular flexibility index (Phi) is 5.61. The van der Waals surface area contributed by atoms with E-state index >= 15 is 0 Å². The van der Waals surface area contributed by atoms with E-state index in [9.17, 15) is 14.4 Å². The second-order valence-corrected chi connectivity index (χ2v) is 4.93. The Hall–Kier alpha value is -1.28. The van der Waals surface area contributed by atoms with Crippen molar-refractivity contribution in [3.63, 3.8) is 0 Å². The van der Waals surface area contributed by atoms with E-state index < -0.39 is 35.9 Å². The average molecular weight is 289 g/mol. The summed E-state index contributed by atoms with van der Waals surface area (Å²) >= 11 is 4.02. The Morgan fingerprint density at radius 3 is 2.63 bits per heavy atom. The first-order valence-corrected chi connectivity index (χ1v) is 6.71. The highest BCUT2D eigenvalue weighted by molar-refractivity contribution is 7.80. The topological polar surface area (TPSA) is 113 Å². The van der Waals surface area contributed by atoms with Crippen molar-refractivity contribution in [3.8, 4) is 0 Å². The number of nitrogens with zero attached hydrogens (tertiary/aromatic N) is 1. The second kappa shape index (κ2) is 6.76. The van der Waals surface area contributed by atoms with Crippen LogP contribution in [0.5, 0.6) is 0 Å². The van der Waals surface area contributed by atoms with Gasteiger partial charge >= 0.3 is 5.97 Å². The van der Waals surface area contributed by atoms with E-state index in [4.69, 9.17) is 10.8 Å². The van der Waals surface area contributed by atoms with Gasteiger partial charge in [-0.25, -0.2) is 4.79 Å². The monoisotopic (exact) mass is 289 g/mol. The predicted octanol–water partition coefficient (Wildman–Crippen LogP) is -1.18. The zero-order chi connectivity index (χ0) is 14.6. The Bertz CT molecular complexity index is 375. The quantitative estimate of drug-likeness (QED) is 0.476. The van der Waals surface area contributed by atoms with Crippen LogP contribution in [0.25, 0.3) is 0 Å². The molecule has 1 aliphatic heterocycles. The molecule has 0 spiro atoms. The Labute approximate surface area is 116 Å². The third kappa shape index (κ3) is 3.84. The number of hydrogen-bond acceptors (Lipinski definition) is 5. The van der Waals surface area contributed by atoms with E-state index in [1.807, 2.05) is 0 Å². The van der Waals surface area contributed by atoms with Crippen LogP contribution in [0.4, 0.5) is 0 Å². The number of rotatable bonds is 5. The van der Waals surface area contributed by atoms with Crippen molar-refractivity contribution in [3.05, 3.63) is 0 Å². The molecule has 0 aromatic heterocycles. The first-order chi connectivity index (χ1) is 8.88. The number of carboxylic acid groups (broad SMARTS) is 1. The normalized spacial score (nSPS) is 21.8. The minimum Gasteiger partial charge on any atom is -0.480 e. The Balaban J connectivity index is 2.73. The van der Waals surface area contributed by atoms with Gasteiger partial charge in [-0.3, -0.25) is 9.59 Å². The smallest absolute Gasteiger partial charge is 0.326 e. The first-order valence-electron chi connectivity index (χ1n) is 6.08. The molecule has 0 aromatic rings. The Morgan fingerprint density at radius 2 is 2.16 bits per heavy atom. The van der Waals surface area contributed by atoms with E-state index in [0.717, 1.165) is 0 Å². The van der Waals surface area contributed by atoms with Gasteiger partial charge in [-0.15, -0.1) is 0 Å². The van der Waals surface area contributed by atoms with Crippen LogP contribution in [0, 0.1) is 0 Å². The van der Waals surface area contributed by atoms with E-state index in [0.29, 0.717) is 19.4 Å². The molecule has 108 valence electrons. The predicted molar refractivity (Wildman–Crippen MR) is 71.8 cm³/mol. The summed E-state index contributed by atoms with van der Waals surface area (Å²) in [6.45, 7) is 1.89. The molecule has 1 aliphatic rings. The summed E-state index contributed by atoms with van der Waals surface area (Å²) in [5.74, 6) is -1.81. The van der Waals surface area contributed by atoms with Crippen molar-refractivity contribution in [1.29, 1.82) is 0 Å². The lowest BCUT2D eigenvalue weighted by Gasteiger charge is -2.26. The molecule has 8 heteroatoms. The van der Waals surface area contributed by atoms with E-state index in [1.165, 1.54) is 11.8 Å². The summed E-state index contributed by atoms with van der Waals surface area (Å²) < 4.78 is 0. The molecule has 0 bridgehead atoms. The van der Waals surface area contributed by atoms with Crippen LogP contribution in [0.3, 0.4) is 0 Å². The molecule has 0 unspecified atom stereocenters. The number of hydrogen-bond donors (Lipinski definition) is 4. The van der Waals surface area contributed by atoms with Crippen molar-refractivity contribution in [2.75, 3.05) is 12.3 Å². The number of aliphatic carboxylic acids is 1. The average Bonchev–Trinajstić information content (AvgIpc) is 2.83. The summed E-state index contributed by atoms with van der Waals surface area (Å²) in [7, 11) is 0. The zero-order valence-electron chi connectivity index (χ0n) is 10.7. The number of carbonyl (C=O) groups excluding carboxylic acids is 2. The molecule has 2 amide bonds. The molecular formula is C11H19N3O4S. The number of carbonyl (C=O) groups is 3. The van der Waals surface area contributed by atoms with Gasteiger partial charge in [0.2, 0.25) is 11.8 Å². The van der Waals surface area contributed by atoms with Gasteiger partial charge in [-0.05, 0) is 19.8 Å². The summed E-state index contributed by atoms with van der Waals surface area (Å²) in [6.07, 6.45) is 1.07. The fourth-order valence-electron chi connectivity index (χ4n) is 1.98. The second-order valence-electron chi connectivity index (χ2n) is 4.56. The number of thiol groups is 1. The Morgan fingerprint density at radius 1 is 1.53 bits per heavy atom. The molecule has 1 saturated heterocycles. The molecule has 7 nitrogen and oxygen atoms in total. The number of nitrogens with one attached hydrogen (secondary N) is 1. The number of carboxylic acids is 1. The molecule has 0 saturated carbocycles. The third-order valence-electron chi connectivity index (χ3n) is 3.03. The maximum atomic E-state index is 12.2. The zero-order valence-corrected chi connectivity index (χ0v) is 11.6. The molecule has 4 N–H and O–H groups in total. The van der Waals surface area contributed by atoms with E-state index in [2.05, 4.69) is 17.9 Å². The van der Waals surface area contributed by atoms with Gasteiger partial charge in [-0.2, -0.15) is 12.6 Å². The molecule has 0 radical (unpaired) electrons. The number of likely N-dealkylation sites (tertiary alicyclic amines) is 1. The van der Waals surface area contributed by atoms with Gasteiger partial charge in [0, 0.05) is 12.3 Å². The van der Waals surface area contributed by atoms with Crippen molar-refractivity contribution in [2.45, 2.75) is 37.9 Å². The van der Waals surface area contributed by atoms with Crippen LogP contribution in [-0.4, -0.2) is 58.2 Å². The lowest BCUT2D eigenvalue weighted by molar-refractivity contribution is -0.149. The fraction of sp³-hybridized carbons (Fsp3) is 0.727. The van der Waals surface area contributed by atoms with Gasteiger partial charge in [0.1, 0.15) is 12.1 Å². The minimum absolute atomic E-state index is 0.0974. The summed E-state index contributed by atoms with van der Waals surface area (Å²) in [5, 5.41) is 11.5. The van der Waals surface area contributed by atoms with Gasteiger partial charge in [0.05, 0.1) is 6.04 Å². The highest BCUT2D eigenvalue weighted by atomic mass is 32.1. The molecule has 1 fully saturated rings. The largest absolute Gasteiger partial charge is 0.480 e. The molecule has 1 heterocycles. The fourth-order valence-corrected chi connectivity index (χ4v) is 2.22.